The van der Waals surface area contributed by atoms with E-state index >= 15 is 0 Å². The number of nitrogens with zero attached hydrogens (tertiary/aromatic N) is 1. The standard InChI is InChI=1S/C14H14N2O2/c1-9-3-6-13(18-2)11(7-9)12-5-4-10(8-16-12)14(15)17/h3-8H,1-2H3,(H2,15,17). The van der Waals surface area contributed by atoms with Gasteiger partial charge in [0.05, 0.1) is 18.4 Å². The Bertz CT molecular complexity index is 577. The summed E-state index contributed by atoms with van der Waals surface area (Å²) < 4.78 is 5.30. The highest BCUT2D eigenvalue weighted by atomic mass is 16.5. The number of aryl methyl sites for hydroxylation is 1. The van der Waals surface area contributed by atoms with Gasteiger partial charge in [-0.05, 0) is 31.2 Å². The van der Waals surface area contributed by atoms with Gasteiger partial charge >= 0.3 is 0 Å². The second kappa shape index (κ2) is 4.87. The van der Waals surface area contributed by atoms with E-state index in [1.807, 2.05) is 25.1 Å². The first-order chi connectivity index (χ1) is 8.61. The van der Waals surface area contributed by atoms with Crippen molar-refractivity contribution in [2.75, 3.05) is 7.11 Å². The Balaban J connectivity index is 2.48. The van der Waals surface area contributed by atoms with Crippen LogP contribution in [0.15, 0.2) is 36.5 Å². The molecule has 0 aliphatic rings. The number of hydrogen-bond acceptors (Lipinski definition) is 3. The van der Waals surface area contributed by atoms with Gasteiger partial charge in [0.15, 0.2) is 0 Å². The van der Waals surface area contributed by atoms with Crippen LogP contribution in [0, 0.1) is 6.92 Å². The highest BCUT2D eigenvalue weighted by Gasteiger charge is 2.08. The molecule has 4 nitrogen and oxygen atoms in total. The smallest absolute Gasteiger partial charge is 0.250 e. The molecule has 0 aliphatic heterocycles. The normalized spacial score (nSPS) is 10.1. The summed E-state index contributed by atoms with van der Waals surface area (Å²) in [4.78, 5) is 15.2. The van der Waals surface area contributed by atoms with Gasteiger partial charge in [-0.15, -0.1) is 0 Å². The monoisotopic (exact) mass is 242 g/mol. The van der Waals surface area contributed by atoms with E-state index in [0.717, 1.165) is 22.6 Å². The summed E-state index contributed by atoms with van der Waals surface area (Å²) in [5.41, 5.74) is 8.34. The van der Waals surface area contributed by atoms with Crippen molar-refractivity contribution in [2.45, 2.75) is 6.92 Å². The molecular formula is C14H14N2O2. The molecule has 2 aromatic rings. The lowest BCUT2D eigenvalue weighted by Crippen LogP contribution is -2.11. The fraction of sp³-hybridized carbons (Fsp3) is 0.143. The van der Waals surface area contributed by atoms with Gasteiger partial charge in [0.2, 0.25) is 5.91 Å². The van der Waals surface area contributed by atoms with Crippen molar-refractivity contribution in [3.63, 3.8) is 0 Å². The van der Waals surface area contributed by atoms with Gasteiger partial charge in [-0.25, -0.2) is 0 Å². The lowest BCUT2D eigenvalue weighted by atomic mass is 10.1. The first-order valence-corrected chi connectivity index (χ1v) is 5.52. The molecule has 18 heavy (non-hydrogen) atoms. The van der Waals surface area contributed by atoms with Crippen LogP contribution in [-0.2, 0) is 0 Å². The highest BCUT2D eigenvalue weighted by molar-refractivity contribution is 5.92. The summed E-state index contributed by atoms with van der Waals surface area (Å²) in [6.07, 6.45) is 1.47. The number of primary amides is 1. The minimum absolute atomic E-state index is 0.394. The molecule has 1 aromatic carbocycles. The number of carbonyl (C=O) groups excluding carboxylic acids is 1. The van der Waals surface area contributed by atoms with Gasteiger partial charge in [0.25, 0.3) is 0 Å². The Morgan fingerprint density at radius 3 is 2.61 bits per heavy atom. The van der Waals surface area contributed by atoms with Crippen LogP contribution in [0.3, 0.4) is 0 Å². The van der Waals surface area contributed by atoms with Crippen LogP contribution in [0.25, 0.3) is 11.3 Å². The molecule has 0 saturated heterocycles. The molecule has 0 bridgehead atoms. The van der Waals surface area contributed by atoms with Crippen LogP contribution in [0.4, 0.5) is 0 Å². The predicted octanol–water partition coefficient (Wildman–Crippen LogP) is 2.16. The number of benzene rings is 1. The number of ether oxygens (including phenoxy) is 1. The maximum atomic E-state index is 11.0. The van der Waals surface area contributed by atoms with Gasteiger partial charge < -0.3 is 10.5 Å². The molecule has 0 aliphatic carbocycles. The minimum atomic E-state index is -0.481. The molecular weight excluding hydrogens is 228 g/mol. The number of methoxy groups -OCH3 is 1. The van der Waals surface area contributed by atoms with E-state index in [2.05, 4.69) is 4.98 Å². The summed E-state index contributed by atoms with van der Waals surface area (Å²) in [5, 5.41) is 0. The molecule has 0 fully saturated rings. The van der Waals surface area contributed by atoms with Crippen molar-refractivity contribution >= 4 is 5.91 Å². The average Bonchev–Trinajstić information content (AvgIpc) is 2.39. The number of nitrogens with two attached hydrogens (primary N) is 1. The number of rotatable bonds is 3. The largest absolute Gasteiger partial charge is 0.496 e. The van der Waals surface area contributed by atoms with Gasteiger partial charge in [0.1, 0.15) is 5.75 Å². The first kappa shape index (κ1) is 12.1. The summed E-state index contributed by atoms with van der Waals surface area (Å²) >= 11 is 0. The molecule has 1 heterocycles. The fourth-order valence-electron chi connectivity index (χ4n) is 1.72. The van der Waals surface area contributed by atoms with Crippen molar-refractivity contribution in [2.24, 2.45) is 5.73 Å². The van der Waals surface area contributed by atoms with Crippen LogP contribution >= 0.6 is 0 Å². The Hall–Kier alpha value is -2.36. The lowest BCUT2D eigenvalue weighted by Gasteiger charge is -2.09. The number of amides is 1. The van der Waals surface area contributed by atoms with E-state index in [0.29, 0.717) is 5.56 Å². The van der Waals surface area contributed by atoms with Crippen molar-refractivity contribution in [3.05, 3.63) is 47.7 Å². The third kappa shape index (κ3) is 2.32. The van der Waals surface area contributed by atoms with Crippen LogP contribution < -0.4 is 10.5 Å². The maximum Gasteiger partial charge on any atom is 0.250 e. The third-order valence-electron chi connectivity index (χ3n) is 2.68. The fourth-order valence-corrected chi connectivity index (χ4v) is 1.72. The van der Waals surface area contributed by atoms with Crippen LogP contribution in [-0.4, -0.2) is 18.0 Å². The van der Waals surface area contributed by atoms with Gasteiger partial charge in [-0.1, -0.05) is 11.6 Å². The molecule has 0 atom stereocenters. The molecule has 0 spiro atoms. The Labute approximate surface area is 105 Å². The summed E-state index contributed by atoms with van der Waals surface area (Å²) in [5.74, 6) is 0.269. The molecule has 2 N–H and O–H groups in total. The number of pyridine rings is 1. The summed E-state index contributed by atoms with van der Waals surface area (Å²) in [6.45, 7) is 2.00. The SMILES string of the molecule is COc1ccc(C)cc1-c1ccc(C(N)=O)cn1. The molecule has 92 valence electrons. The Morgan fingerprint density at radius 1 is 1.28 bits per heavy atom. The average molecular weight is 242 g/mol. The molecule has 0 radical (unpaired) electrons. The van der Waals surface area contributed by atoms with Crippen molar-refractivity contribution in [1.29, 1.82) is 0 Å². The van der Waals surface area contributed by atoms with Crippen LogP contribution in [0.1, 0.15) is 15.9 Å². The third-order valence-corrected chi connectivity index (χ3v) is 2.68. The predicted molar refractivity (Wildman–Crippen MR) is 69.5 cm³/mol. The molecule has 2 rings (SSSR count). The van der Waals surface area contributed by atoms with E-state index < -0.39 is 5.91 Å². The Morgan fingerprint density at radius 2 is 2.06 bits per heavy atom. The molecule has 1 amide bonds. The van der Waals surface area contributed by atoms with Gasteiger partial charge in [-0.2, -0.15) is 0 Å². The van der Waals surface area contributed by atoms with E-state index in [1.165, 1.54) is 6.20 Å². The second-order valence-corrected chi connectivity index (χ2v) is 4.00. The van der Waals surface area contributed by atoms with Crippen molar-refractivity contribution in [1.82, 2.24) is 4.98 Å². The number of hydrogen-bond donors (Lipinski definition) is 1. The van der Waals surface area contributed by atoms with Crippen LogP contribution in [0.5, 0.6) is 5.75 Å². The topological polar surface area (TPSA) is 65.2 Å². The van der Waals surface area contributed by atoms with E-state index in [4.69, 9.17) is 10.5 Å². The molecule has 1 aromatic heterocycles. The van der Waals surface area contributed by atoms with Gasteiger partial charge in [-0.3, -0.25) is 9.78 Å². The molecule has 4 heteroatoms. The minimum Gasteiger partial charge on any atom is -0.496 e. The molecule has 0 unspecified atom stereocenters. The van der Waals surface area contributed by atoms with Crippen LogP contribution in [0.2, 0.25) is 0 Å². The highest BCUT2D eigenvalue weighted by Crippen LogP contribution is 2.29. The summed E-state index contributed by atoms with van der Waals surface area (Å²) in [6, 6.07) is 9.28. The lowest BCUT2D eigenvalue weighted by molar-refractivity contribution is 0.1000. The number of carbonyl (C=O) groups is 1. The zero-order valence-electron chi connectivity index (χ0n) is 10.3. The van der Waals surface area contributed by atoms with E-state index in [1.54, 1.807) is 19.2 Å². The van der Waals surface area contributed by atoms with Crippen molar-refractivity contribution in [3.8, 4) is 17.0 Å². The molecule has 0 saturated carbocycles. The Kier molecular flexibility index (Phi) is 3.28. The zero-order chi connectivity index (χ0) is 13.1. The summed E-state index contributed by atoms with van der Waals surface area (Å²) in [7, 11) is 1.62. The number of aromatic nitrogens is 1. The van der Waals surface area contributed by atoms with Crippen molar-refractivity contribution < 1.29 is 9.53 Å². The van der Waals surface area contributed by atoms with E-state index in [9.17, 15) is 4.79 Å². The first-order valence-electron chi connectivity index (χ1n) is 5.52. The van der Waals surface area contributed by atoms with E-state index in [-0.39, 0.29) is 0 Å². The maximum absolute atomic E-state index is 11.0. The van der Waals surface area contributed by atoms with Gasteiger partial charge in [0, 0.05) is 11.8 Å². The second-order valence-electron chi connectivity index (χ2n) is 4.00. The quantitative estimate of drug-likeness (QED) is 0.897. The zero-order valence-corrected chi connectivity index (χ0v) is 10.3.